The van der Waals surface area contributed by atoms with E-state index in [-0.39, 0.29) is 0 Å². The molecule has 0 radical (unpaired) electrons. The second-order valence-corrected chi connectivity index (χ2v) is 6.41. The average Bonchev–Trinajstić information content (AvgIpc) is 2.96. The summed E-state index contributed by atoms with van der Waals surface area (Å²) in [6, 6.07) is 5.40. The zero-order valence-electron chi connectivity index (χ0n) is 11.5. The molecule has 0 saturated heterocycles. The summed E-state index contributed by atoms with van der Waals surface area (Å²) in [5, 5.41) is 9.89. The first kappa shape index (κ1) is 14.4. The number of aromatic nitrogens is 2. The third-order valence-corrected chi connectivity index (χ3v) is 4.81. The number of nitrogens with two attached hydrogens (primary N) is 1. The number of halogens is 2. The fourth-order valence-electron chi connectivity index (χ4n) is 2.29. The minimum absolute atomic E-state index is 0.566. The topological polar surface area (TPSA) is 43.8 Å². The average molecular weight is 338 g/mol. The van der Waals surface area contributed by atoms with Crippen molar-refractivity contribution in [3.8, 4) is 22.4 Å². The number of aryl methyl sites for hydroxylation is 2. The quantitative estimate of drug-likeness (QED) is 0.713. The molecule has 3 nitrogen and oxygen atoms in total. The first-order chi connectivity index (χ1) is 9.99. The number of nitrogen functional groups attached to an aromatic ring is 1. The number of hydrogen-bond acceptors (Lipinski definition) is 3. The lowest BCUT2D eigenvalue weighted by Crippen LogP contribution is -1.98. The lowest BCUT2D eigenvalue weighted by Gasteiger charge is -2.07. The molecule has 6 heteroatoms. The van der Waals surface area contributed by atoms with Gasteiger partial charge in [-0.15, -0.1) is 0 Å². The van der Waals surface area contributed by atoms with Crippen LogP contribution in [0.1, 0.15) is 5.56 Å². The Morgan fingerprint density at radius 3 is 2.57 bits per heavy atom. The summed E-state index contributed by atoms with van der Waals surface area (Å²) in [7, 11) is 1.83. The van der Waals surface area contributed by atoms with Crippen molar-refractivity contribution in [3.63, 3.8) is 0 Å². The van der Waals surface area contributed by atoms with E-state index in [2.05, 4.69) is 22.8 Å². The monoisotopic (exact) mass is 337 g/mol. The third kappa shape index (κ3) is 2.44. The number of hydrogen-bond donors (Lipinski definition) is 1. The molecule has 1 aromatic carbocycles. The molecule has 0 bridgehead atoms. The van der Waals surface area contributed by atoms with Gasteiger partial charge >= 0.3 is 0 Å². The van der Waals surface area contributed by atoms with Crippen LogP contribution in [0, 0.1) is 6.92 Å². The zero-order chi connectivity index (χ0) is 15.1. The van der Waals surface area contributed by atoms with Gasteiger partial charge in [0.15, 0.2) is 0 Å². The van der Waals surface area contributed by atoms with Gasteiger partial charge in [0, 0.05) is 28.6 Å². The van der Waals surface area contributed by atoms with Crippen molar-refractivity contribution < 1.29 is 0 Å². The molecule has 0 spiro atoms. The molecular weight excluding hydrogens is 325 g/mol. The van der Waals surface area contributed by atoms with Crippen molar-refractivity contribution in [3.05, 3.63) is 44.6 Å². The van der Waals surface area contributed by atoms with E-state index in [0.717, 1.165) is 22.4 Å². The highest BCUT2D eigenvalue weighted by Crippen LogP contribution is 2.41. The van der Waals surface area contributed by atoms with Gasteiger partial charge in [-0.3, -0.25) is 4.68 Å². The van der Waals surface area contributed by atoms with E-state index in [0.29, 0.717) is 15.9 Å². The van der Waals surface area contributed by atoms with Gasteiger partial charge < -0.3 is 5.73 Å². The standard InChI is InChI=1S/C15H13Cl2N3S/c1-8-6-21-7-11(8)14-13(15(18)20(2)19-14)10-4-3-9(16)5-12(10)17/h3-7H,18H2,1-2H3. The van der Waals surface area contributed by atoms with E-state index in [4.69, 9.17) is 28.9 Å². The third-order valence-electron chi connectivity index (χ3n) is 3.40. The summed E-state index contributed by atoms with van der Waals surface area (Å²) in [4.78, 5) is 0. The minimum Gasteiger partial charge on any atom is -0.383 e. The summed E-state index contributed by atoms with van der Waals surface area (Å²) in [5.74, 6) is 0.583. The van der Waals surface area contributed by atoms with Crippen LogP contribution in [0.25, 0.3) is 22.4 Å². The molecule has 0 atom stereocenters. The van der Waals surface area contributed by atoms with E-state index in [1.165, 1.54) is 5.56 Å². The molecule has 0 aliphatic carbocycles. The summed E-state index contributed by atoms with van der Waals surface area (Å²) in [6.45, 7) is 2.06. The molecule has 3 rings (SSSR count). The van der Waals surface area contributed by atoms with Gasteiger partial charge in [-0.25, -0.2) is 0 Å². The van der Waals surface area contributed by atoms with Gasteiger partial charge in [0.05, 0.1) is 10.6 Å². The second-order valence-electron chi connectivity index (χ2n) is 4.83. The highest BCUT2D eigenvalue weighted by atomic mass is 35.5. The van der Waals surface area contributed by atoms with Crippen molar-refractivity contribution in [2.75, 3.05) is 5.73 Å². The Hall–Kier alpha value is -1.49. The lowest BCUT2D eigenvalue weighted by atomic mass is 10.0. The number of nitrogens with zero attached hydrogens (tertiary/aromatic N) is 2. The molecule has 108 valence electrons. The molecule has 21 heavy (non-hydrogen) atoms. The van der Waals surface area contributed by atoms with Gasteiger partial charge in [0.1, 0.15) is 11.5 Å². The highest BCUT2D eigenvalue weighted by Gasteiger charge is 2.21. The molecule has 2 heterocycles. The van der Waals surface area contributed by atoms with Crippen LogP contribution in [-0.4, -0.2) is 9.78 Å². The Bertz CT molecular complexity index is 820. The van der Waals surface area contributed by atoms with Gasteiger partial charge in [-0.1, -0.05) is 29.3 Å². The smallest absolute Gasteiger partial charge is 0.129 e. The van der Waals surface area contributed by atoms with Gasteiger partial charge in [0.25, 0.3) is 0 Å². The second kappa shape index (κ2) is 5.37. The Labute approximate surface area is 136 Å². The Kier molecular flexibility index (Phi) is 3.69. The first-order valence-electron chi connectivity index (χ1n) is 6.30. The summed E-state index contributed by atoms with van der Waals surface area (Å²) < 4.78 is 1.67. The van der Waals surface area contributed by atoms with Crippen molar-refractivity contribution in [2.45, 2.75) is 6.92 Å². The minimum atomic E-state index is 0.566. The van der Waals surface area contributed by atoms with Crippen molar-refractivity contribution >= 4 is 40.4 Å². The number of thiophene rings is 1. The molecule has 0 aliphatic heterocycles. The zero-order valence-corrected chi connectivity index (χ0v) is 13.9. The van der Waals surface area contributed by atoms with Crippen LogP contribution < -0.4 is 5.73 Å². The van der Waals surface area contributed by atoms with E-state index < -0.39 is 0 Å². The summed E-state index contributed by atoms with van der Waals surface area (Å²) in [5.41, 5.74) is 11.0. The van der Waals surface area contributed by atoms with Crippen LogP contribution in [0.4, 0.5) is 5.82 Å². The summed E-state index contributed by atoms with van der Waals surface area (Å²) >= 11 is 14.0. The number of benzene rings is 1. The molecule has 2 N–H and O–H groups in total. The molecule has 0 saturated carbocycles. The van der Waals surface area contributed by atoms with Crippen LogP contribution in [0.3, 0.4) is 0 Å². The first-order valence-corrected chi connectivity index (χ1v) is 8.00. The molecule has 0 unspecified atom stereocenters. The molecular formula is C15H13Cl2N3S. The van der Waals surface area contributed by atoms with Crippen molar-refractivity contribution in [1.29, 1.82) is 0 Å². The van der Waals surface area contributed by atoms with Crippen LogP contribution in [0.5, 0.6) is 0 Å². The normalized spacial score (nSPS) is 11.0. The lowest BCUT2D eigenvalue weighted by molar-refractivity contribution is 0.782. The van der Waals surface area contributed by atoms with Gasteiger partial charge in [-0.05, 0) is 30.0 Å². The van der Waals surface area contributed by atoms with E-state index in [9.17, 15) is 0 Å². The van der Waals surface area contributed by atoms with Crippen molar-refractivity contribution in [2.24, 2.45) is 7.05 Å². The molecule has 3 aromatic rings. The van der Waals surface area contributed by atoms with E-state index >= 15 is 0 Å². The van der Waals surface area contributed by atoms with Crippen molar-refractivity contribution in [1.82, 2.24) is 9.78 Å². The predicted molar refractivity (Wildman–Crippen MR) is 91.1 cm³/mol. The molecule has 2 aromatic heterocycles. The highest BCUT2D eigenvalue weighted by molar-refractivity contribution is 7.08. The molecule has 0 amide bonds. The predicted octanol–water partition coefficient (Wildman–Crippen LogP) is 5.01. The maximum absolute atomic E-state index is 6.34. The van der Waals surface area contributed by atoms with Crippen LogP contribution in [0.2, 0.25) is 10.0 Å². The molecule has 0 fully saturated rings. The number of anilines is 1. The maximum Gasteiger partial charge on any atom is 0.129 e. The Balaban J connectivity index is 2.30. The summed E-state index contributed by atoms with van der Waals surface area (Å²) in [6.07, 6.45) is 0. The SMILES string of the molecule is Cc1cscc1-c1nn(C)c(N)c1-c1ccc(Cl)cc1Cl. The Morgan fingerprint density at radius 1 is 1.19 bits per heavy atom. The molecule has 0 aliphatic rings. The van der Waals surface area contributed by atoms with Gasteiger partial charge in [0.2, 0.25) is 0 Å². The van der Waals surface area contributed by atoms with E-state index in [1.54, 1.807) is 28.2 Å². The fraction of sp³-hybridized carbons (Fsp3) is 0.133. The van der Waals surface area contributed by atoms with Gasteiger partial charge in [-0.2, -0.15) is 16.4 Å². The fourth-order valence-corrected chi connectivity index (χ4v) is 3.62. The van der Waals surface area contributed by atoms with Crippen LogP contribution in [-0.2, 0) is 7.05 Å². The largest absolute Gasteiger partial charge is 0.383 e. The van der Waals surface area contributed by atoms with Crippen LogP contribution >= 0.6 is 34.5 Å². The van der Waals surface area contributed by atoms with Crippen LogP contribution in [0.15, 0.2) is 29.0 Å². The number of rotatable bonds is 2. The Morgan fingerprint density at radius 2 is 1.95 bits per heavy atom. The maximum atomic E-state index is 6.34. The van der Waals surface area contributed by atoms with E-state index in [1.807, 2.05) is 13.1 Å².